The number of ether oxygens (including phenoxy) is 1. The first-order chi connectivity index (χ1) is 9.15. The molecule has 1 aromatic heterocycles. The monoisotopic (exact) mass is 360 g/mol. The Bertz CT molecular complexity index is 561. The Morgan fingerprint density at radius 3 is 2.79 bits per heavy atom. The van der Waals surface area contributed by atoms with Crippen molar-refractivity contribution in [2.75, 3.05) is 7.11 Å². The Labute approximate surface area is 129 Å². The van der Waals surface area contributed by atoms with Gasteiger partial charge in [0.15, 0.2) is 0 Å². The quantitative estimate of drug-likeness (QED) is 0.627. The molecule has 0 fully saturated rings. The molecule has 2 rings (SSSR count). The van der Waals surface area contributed by atoms with Gasteiger partial charge < -0.3 is 4.74 Å². The minimum Gasteiger partial charge on any atom is -0.496 e. The topological polar surface area (TPSA) is 47.3 Å². The molecule has 1 aromatic carbocycles. The van der Waals surface area contributed by atoms with Crippen molar-refractivity contribution in [3.63, 3.8) is 0 Å². The zero-order valence-corrected chi connectivity index (χ0v) is 13.5. The molecule has 0 aliphatic heterocycles. The van der Waals surface area contributed by atoms with E-state index < -0.39 is 0 Å². The summed E-state index contributed by atoms with van der Waals surface area (Å²) in [5.41, 5.74) is 3.97. The second-order valence-corrected chi connectivity index (χ2v) is 6.23. The predicted octanol–water partition coefficient (Wildman–Crippen LogP) is 3.92. The van der Waals surface area contributed by atoms with Crippen LogP contribution in [0.2, 0.25) is 5.02 Å². The SMILES string of the molecule is COc1ccc(CC(NN)c2sccc2Cl)cc1Br. The number of hydrogen-bond donors (Lipinski definition) is 2. The molecule has 102 valence electrons. The van der Waals surface area contributed by atoms with E-state index in [-0.39, 0.29) is 6.04 Å². The molecule has 1 atom stereocenters. The van der Waals surface area contributed by atoms with Gasteiger partial charge in [0.25, 0.3) is 0 Å². The van der Waals surface area contributed by atoms with Gasteiger partial charge >= 0.3 is 0 Å². The first-order valence-electron chi connectivity index (χ1n) is 5.67. The van der Waals surface area contributed by atoms with Gasteiger partial charge in [-0.25, -0.2) is 0 Å². The average Bonchev–Trinajstić information content (AvgIpc) is 2.82. The van der Waals surface area contributed by atoms with Gasteiger partial charge in [-0.3, -0.25) is 11.3 Å². The first kappa shape index (κ1) is 14.8. The third kappa shape index (κ3) is 3.49. The van der Waals surface area contributed by atoms with E-state index in [2.05, 4.69) is 21.4 Å². The summed E-state index contributed by atoms with van der Waals surface area (Å²) in [6.45, 7) is 0. The van der Waals surface area contributed by atoms with Crippen molar-refractivity contribution in [2.45, 2.75) is 12.5 Å². The van der Waals surface area contributed by atoms with Crippen molar-refractivity contribution >= 4 is 38.9 Å². The summed E-state index contributed by atoms with van der Waals surface area (Å²) < 4.78 is 6.15. The lowest BCUT2D eigenvalue weighted by Crippen LogP contribution is -2.29. The summed E-state index contributed by atoms with van der Waals surface area (Å²) in [5.74, 6) is 6.45. The number of halogens is 2. The number of benzene rings is 1. The van der Waals surface area contributed by atoms with Gasteiger partial charge in [0.2, 0.25) is 0 Å². The third-order valence-electron chi connectivity index (χ3n) is 2.82. The van der Waals surface area contributed by atoms with E-state index in [0.717, 1.165) is 32.1 Å². The first-order valence-corrected chi connectivity index (χ1v) is 7.72. The molecular weight excluding hydrogens is 348 g/mol. The van der Waals surface area contributed by atoms with Crippen molar-refractivity contribution in [1.82, 2.24) is 5.43 Å². The van der Waals surface area contributed by atoms with Crippen LogP contribution in [0.3, 0.4) is 0 Å². The molecule has 1 heterocycles. The Morgan fingerprint density at radius 2 is 2.26 bits per heavy atom. The largest absolute Gasteiger partial charge is 0.496 e. The van der Waals surface area contributed by atoms with Gasteiger partial charge in [-0.15, -0.1) is 11.3 Å². The van der Waals surface area contributed by atoms with Crippen LogP contribution in [0.1, 0.15) is 16.5 Å². The van der Waals surface area contributed by atoms with Gasteiger partial charge in [0.1, 0.15) is 5.75 Å². The van der Waals surface area contributed by atoms with Crippen molar-refractivity contribution in [1.29, 1.82) is 0 Å². The summed E-state index contributed by atoms with van der Waals surface area (Å²) >= 11 is 11.2. The smallest absolute Gasteiger partial charge is 0.133 e. The molecule has 6 heteroatoms. The molecule has 0 saturated carbocycles. The van der Waals surface area contributed by atoms with Gasteiger partial charge in [-0.1, -0.05) is 17.7 Å². The van der Waals surface area contributed by atoms with Gasteiger partial charge in [0, 0.05) is 4.88 Å². The summed E-state index contributed by atoms with van der Waals surface area (Å²) in [5, 5.41) is 2.71. The lowest BCUT2D eigenvalue weighted by atomic mass is 10.1. The highest BCUT2D eigenvalue weighted by Crippen LogP contribution is 2.32. The number of thiophene rings is 1. The molecule has 0 amide bonds. The van der Waals surface area contributed by atoms with Crippen molar-refractivity contribution in [3.05, 3.63) is 49.6 Å². The number of nitrogens with two attached hydrogens (primary N) is 1. The Balaban J connectivity index is 2.19. The molecule has 2 aromatic rings. The van der Waals surface area contributed by atoms with Crippen LogP contribution in [0.15, 0.2) is 34.1 Å². The van der Waals surface area contributed by atoms with Crippen LogP contribution in [-0.4, -0.2) is 7.11 Å². The standard InChI is InChI=1S/C13H14BrClN2OS/c1-18-12-3-2-8(6-9(12)14)7-11(17-16)13-10(15)4-5-19-13/h2-6,11,17H,7,16H2,1H3. The number of hydrogen-bond acceptors (Lipinski definition) is 4. The van der Waals surface area contributed by atoms with Crippen LogP contribution in [0.5, 0.6) is 5.75 Å². The van der Waals surface area contributed by atoms with Gasteiger partial charge in [0.05, 0.1) is 22.6 Å². The van der Waals surface area contributed by atoms with E-state index >= 15 is 0 Å². The number of methoxy groups -OCH3 is 1. The fourth-order valence-corrected chi connectivity index (χ4v) is 3.69. The van der Waals surface area contributed by atoms with E-state index in [4.69, 9.17) is 22.2 Å². The summed E-state index contributed by atoms with van der Waals surface area (Å²) in [6.07, 6.45) is 0.763. The Kier molecular flexibility index (Phi) is 5.24. The normalized spacial score (nSPS) is 12.4. The number of rotatable bonds is 5. The molecule has 3 nitrogen and oxygen atoms in total. The highest BCUT2D eigenvalue weighted by atomic mass is 79.9. The van der Waals surface area contributed by atoms with Crippen molar-refractivity contribution < 1.29 is 4.74 Å². The van der Waals surface area contributed by atoms with E-state index in [1.165, 1.54) is 0 Å². The maximum absolute atomic E-state index is 6.14. The lowest BCUT2D eigenvalue weighted by Gasteiger charge is -2.15. The fourth-order valence-electron chi connectivity index (χ4n) is 1.85. The van der Waals surface area contributed by atoms with Crippen LogP contribution in [0.25, 0.3) is 0 Å². The summed E-state index contributed by atoms with van der Waals surface area (Å²) in [6, 6.07) is 7.88. The van der Waals surface area contributed by atoms with Crippen molar-refractivity contribution in [2.24, 2.45) is 5.84 Å². The highest BCUT2D eigenvalue weighted by Gasteiger charge is 2.16. The maximum Gasteiger partial charge on any atom is 0.133 e. The molecule has 0 radical (unpaired) electrons. The number of nitrogens with one attached hydrogen (secondary N) is 1. The van der Waals surface area contributed by atoms with Crippen LogP contribution in [0.4, 0.5) is 0 Å². The van der Waals surface area contributed by atoms with Crippen LogP contribution in [0, 0.1) is 0 Å². The molecule has 0 aliphatic carbocycles. The van der Waals surface area contributed by atoms with Crippen LogP contribution in [-0.2, 0) is 6.42 Å². The molecule has 1 unspecified atom stereocenters. The maximum atomic E-state index is 6.14. The van der Waals surface area contributed by atoms with E-state index in [1.807, 2.05) is 29.6 Å². The molecule has 0 saturated heterocycles. The third-order valence-corrected chi connectivity index (χ3v) is 4.91. The van der Waals surface area contributed by atoms with Gasteiger partial charge in [-0.2, -0.15) is 0 Å². The highest BCUT2D eigenvalue weighted by molar-refractivity contribution is 9.10. The average molecular weight is 362 g/mol. The second-order valence-electron chi connectivity index (χ2n) is 4.03. The van der Waals surface area contributed by atoms with Crippen molar-refractivity contribution in [3.8, 4) is 5.75 Å². The zero-order chi connectivity index (χ0) is 13.8. The fraction of sp³-hybridized carbons (Fsp3) is 0.231. The molecule has 0 spiro atoms. The lowest BCUT2D eigenvalue weighted by molar-refractivity contribution is 0.412. The van der Waals surface area contributed by atoms with Crippen LogP contribution < -0.4 is 16.0 Å². The summed E-state index contributed by atoms with van der Waals surface area (Å²) in [4.78, 5) is 1.05. The molecular formula is C13H14BrClN2OS. The second kappa shape index (κ2) is 6.72. The van der Waals surface area contributed by atoms with E-state index in [9.17, 15) is 0 Å². The van der Waals surface area contributed by atoms with E-state index in [0.29, 0.717) is 0 Å². The zero-order valence-electron chi connectivity index (χ0n) is 10.3. The summed E-state index contributed by atoms with van der Waals surface area (Å²) in [7, 11) is 1.65. The van der Waals surface area contributed by atoms with Crippen LogP contribution >= 0.6 is 38.9 Å². The molecule has 0 bridgehead atoms. The molecule has 19 heavy (non-hydrogen) atoms. The number of hydrazine groups is 1. The Hall–Kier alpha value is -0.590. The minimum atomic E-state index is 0.00722. The predicted molar refractivity (Wildman–Crippen MR) is 83.8 cm³/mol. The minimum absolute atomic E-state index is 0.00722. The van der Waals surface area contributed by atoms with Gasteiger partial charge in [-0.05, 0) is 51.5 Å². The Morgan fingerprint density at radius 1 is 1.47 bits per heavy atom. The molecule has 0 aliphatic rings. The van der Waals surface area contributed by atoms with E-state index in [1.54, 1.807) is 18.4 Å². The molecule has 3 N–H and O–H groups in total.